The molecule has 0 atom stereocenters. The second kappa shape index (κ2) is 4.20. The quantitative estimate of drug-likeness (QED) is 0.684. The van der Waals surface area contributed by atoms with E-state index in [1.165, 1.54) is 0 Å². The summed E-state index contributed by atoms with van der Waals surface area (Å²) in [5, 5.41) is 0. The van der Waals surface area contributed by atoms with Crippen molar-refractivity contribution in [2.45, 2.75) is 6.29 Å². The van der Waals surface area contributed by atoms with E-state index in [9.17, 15) is 0 Å². The molecule has 13 heavy (non-hydrogen) atoms. The molecule has 0 bridgehead atoms. The number of aromatic nitrogens is 1. The van der Waals surface area contributed by atoms with Crippen molar-refractivity contribution in [3.05, 3.63) is 24.5 Å². The minimum Gasteiger partial charge on any atom is -0.487 e. The molecule has 0 aliphatic carbocycles. The highest BCUT2D eigenvalue weighted by Crippen LogP contribution is 2.09. The first-order valence-corrected chi connectivity index (χ1v) is 4.13. The van der Waals surface area contributed by atoms with Gasteiger partial charge in [0.1, 0.15) is 12.4 Å². The number of nitrogens with zero attached hydrogens (tertiary/aromatic N) is 1. The van der Waals surface area contributed by atoms with Crippen molar-refractivity contribution in [2.24, 2.45) is 0 Å². The Morgan fingerprint density at radius 3 is 3.08 bits per heavy atom. The summed E-state index contributed by atoms with van der Waals surface area (Å²) in [6.45, 7) is 1.70. The molecule has 0 unspecified atom stereocenters. The molecule has 0 spiro atoms. The molecule has 1 saturated heterocycles. The fourth-order valence-corrected chi connectivity index (χ4v) is 1.06. The summed E-state index contributed by atoms with van der Waals surface area (Å²) in [5.41, 5.74) is 0. The average Bonchev–Trinajstić information content (AvgIpc) is 2.69. The summed E-state index contributed by atoms with van der Waals surface area (Å²) < 4.78 is 15.8. The van der Waals surface area contributed by atoms with E-state index >= 15 is 0 Å². The van der Waals surface area contributed by atoms with Gasteiger partial charge in [0.25, 0.3) is 0 Å². The van der Waals surface area contributed by atoms with Crippen molar-refractivity contribution in [3.63, 3.8) is 0 Å². The van der Waals surface area contributed by atoms with Gasteiger partial charge in [0.05, 0.1) is 25.6 Å². The van der Waals surface area contributed by atoms with Crippen molar-refractivity contribution in [3.8, 4) is 5.75 Å². The van der Waals surface area contributed by atoms with Gasteiger partial charge in [-0.15, -0.1) is 0 Å². The number of pyridine rings is 1. The molecule has 1 aromatic heterocycles. The molecule has 1 aliphatic heterocycles. The summed E-state index contributed by atoms with van der Waals surface area (Å²) in [6.07, 6.45) is 4.04. The molecule has 1 aromatic rings. The molecular weight excluding hydrogens is 170 g/mol. The maximum atomic E-state index is 5.36. The molecule has 4 nitrogen and oxygen atoms in total. The van der Waals surface area contributed by atoms with Crippen molar-refractivity contribution in [2.75, 3.05) is 19.8 Å². The molecule has 0 amide bonds. The van der Waals surface area contributed by atoms with Crippen LogP contribution in [0.4, 0.5) is 0 Å². The predicted molar refractivity (Wildman–Crippen MR) is 44.3 cm³/mol. The standard InChI is InChI=1S/C9H10NO3/c1-2-8(6-10-3-1)13-7-9-11-4-5-12-9/h1-2,6,9H,4-5,7H2. The molecule has 69 valence electrons. The summed E-state index contributed by atoms with van der Waals surface area (Å²) in [4.78, 5) is 3.80. The number of hydrogen-bond acceptors (Lipinski definition) is 4. The topological polar surface area (TPSA) is 40.6 Å². The molecule has 0 aromatic carbocycles. The fourth-order valence-electron chi connectivity index (χ4n) is 1.06. The summed E-state index contributed by atoms with van der Waals surface area (Å²) >= 11 is 0. The van der Waals surface area contributed by atoms with E-state index < -0.39 is 0 Å². The van der Waals surface area contributed by atoms with Crippen LogP contribution in [0.25, 0.3) is 0 Å². The lowest BCUT2D eigenvalue weighted by Crippen LogP contribution is -2.18. The van der Waals surface area contributed by atoms with Crippen LogP contribution in [0.1, 0.15) is 0 Å². The van der Waals surface area contributed by atoms with Gasteiger partial charge in [-0.25, -0.2) is 0 Å². The zero-order valence-electron chi connectivity index (χ0n) is 7.10. The Morgan fingerprint density at radius 2 is 2.38 bits per heavy atom. The second-order valence-electron chi connectivity index (χ2n) is 2.61. The lowest BCUT2D eigenvalue weighted by molar-refractivity contribution is -0.0684. The first kappa shape index (κ1) is 8.47. The Morgan fingerprint density at radius 1 is 1.54 bits per heavy atom. The van der Waals surface area contributed by atoms with E-state index in [2.05, 4.69) is 11.2 Å². The van der Waals surface area contributed by atoms with Crippen molar-refractivity contribution in [1.82, 2.24) is 4.98 Å². The monoisotopic (exact) mass is 180 g/mol. The van der Waals surface area contributed by atoms with Crippen LogP contribution in [0.3, 0.4) is 0 Å². The minimum absolute atomic E-state index is 0.232. The summed E-state index contributed by atoms with van der Waals surface area (Å²) in [6, 6.07) is 3.49. The van der Waals surface area contributed by atoms with Gasteiger partial charge in [0.15, 0.2) is 6.29 Å². The third-order valence-electron chi connectivity index (χ3n) is 1.67. The predicted octanol–water partition coefficient (Wildman–Crippen LogP) is 0.633. The van der Waals surface area contributed by atoms with Crippen molar-refractivity contribution < 1.29 is 14.2 Å². The molecule has 2 rings (SSSR count). The highest BCUT2D eigenvalue weighted by molar-refractivity contribution is 5.14. The van der Waals surface area contributed by atoms with Crippen molar-refractivity contribution >= 4 is 0 Å². The fraction of sp³-hybridized carbons (Fsp3) is 0.444. The van der Waals surface area contributed by atoms with E-state index in [0.717, 1.165) is 0 Å². The van der Waals surface area contributed by atoms with Gasteiger partial charge < -0.3 is 14.2 Å². The van der Waals surface area contributed by atoms with Gasteiger partial charge >= 0.3 is 0 Å². The summed E-state index contributed by atoms with van der Waals surface area (Å²) in [7, 11) is 0. The van der Waals surface area contributed by atoms with Crippen LogP contribution in [0.5, 0.6) is 5.75 Å². The van der Waals surface area contributed by atoms with E-state index in [1.807, 2.05) is 0 Å². The van der Waals surface area contributed by atoms with Crippen LogP contribution in [0.2, 0.25) is 0 Å². The zero-order chi connectivity index (χ0) is 8.93. The second-order valence-corrected chi connectivity index (χ2v) is 2.61. The van der Waals surface area contributed by atoms with Crippen LogP contribution in [-0.2, 0) is 9.47 Å². The Kier molecular flexibility index (Phi) is 2.74. The maximum Gasteiger partial charge on any atom is 0.191 e. The van der Waals surface area contributed by atoms with E-state index in [4.69, 9.17) is 14.2 Å². The smallest absolute Gasteiger partial charge is 0.191 e. The number of hydrogen-bond donors (Lipinski definition) is 0. The normalized spacial score (nSPS) is 17.5. The molecule has 1 radical (unpaired) electrons. The average molecular weight is 180 g/mol. The Bertz CT molecular complexity index is 246. The zero-order valence-corrected chi connectivity index (χ0v) is 7.10. The van der Waals surface area contributed by atoms with Gasteiger partial charge in [-0.3, -0.25) is 4.98 Å². The Balaban J connectivity index is 1.79. The lowest BCUT2D eigenvalue weighted by Gasteiger charge is -2.09. The van der Waals surface area contributed by atoms with Crippen LogP contribution in [0, 0.1) is 6.20 Å². The SMILES string of the molecule is [c]1ccc(OCC2OCCO2)cn1. The third-order valence-corrected chi connectivity index (χ3v) is 1.67. The molecule has 1 fully saturated rings. The van der Waals surface area contributed by atoms with Crippen LogP contribution >= 0.6 is 0 Å². The first-order chi connectivity index (χ1) is 6.45. The van der Waals surface area contributed by atoms with E-state index in [-0.39, 0.29) is 6.29 Å². The van der Waals surface area contributed by atoms with Gasteiger partial charge in [-0.05, 0) is 12.1 Å². The van der Waals surface area contributed by atoms with Gasteiger partial charge in [-0.1, -0.05) is 0 Å². The van der Waals surface area contributed by atoms with Gasteiger partial charge in [-0.2, -0.15) is 0 Å². The molecule has 0 N–H and O–H groups in total. The van der Waals surface area contributed by atoms with E-state index in [0.29, 0.717) is 25.6 Å². The number of rotatable bonds is 3. The van der Waals surface area contributed by atoms with Crippen LogP contribution < -0.4 is 4.74 Å². The Hall–Kier alpha value is -1.13. The molecule has 0 saturated carbocycles. The summed E-state index contributed by atoms with van der Waals surface area (Å²) in [5.74, 6) is 0.706. The van der Waals surface area contributed by atoms with E-state index in [1.54, 1.807) is 18.3 Å². The number of ether oxygens (including phenoxy) is 3. The largest absolute Gasteiger partial charge is 0.487 e. The highest BCUT2D eigenvalue weighted by atomic mass is 16.7. The van der Waals surface area contributed by atoms with Gasteiger partial charge in [0.2, 0.25) is 0 Å². The highest BCUT2D eigenvalue weighted by Gasteiger charge is 2.16. The molecule has 2 heterocycles. The van der Waals surface area contributed by atoms with Crippen LogP contribution in [-0.4, -0.2) is 31.1 Å². The molecule has 4 heteroatoms. The third kappa shape index (κ3) is 2.40. The maximum absolute atomic E-state index is 5.36. The van der Waals surface area contributed by atoms with Crippen LogP contribution in [0.15, 0.2) is 18.3 Å². The first-order valence-electron chi connectivity index (χ1n) is 4.13. The molecular formula is C9H10NO3. The van der Waals surface area contributed by atoms with Gasteiger partial charge in [0, 0.05) is 0 Å². The van der Waals surface area contributed by atoms with Crippen molar-refractivity contribution in [1.29, 1.82) is 0 Å². The molecule has 1 aliphatic rings. The lowest BCUT2D eigenvalue weighted by atomic mass is 10.5. The minimum atomic E-state index is -0.232. The Labute approximate surface area is 76.4 Å².